The van der Waals surface area contributed by atoms with Crippen molar-refractivity contribution in [3.8, 4) is 0 Å². The first-order chi connectivity index (χ1) is 12.1. The van der Waals surface area contributed by atoms with Crippen LogP contribution in [0.25, 0.3) is 21.5 Å². The molecule has 0 aromatic heterocycles. The molecule has 0 aliphatic heterocycles. The van der Waals surface area contributed by atoms with Gasteiger partial charge < -0.3 is 0 Å². The molecular formula is C20H15NO3S. The van der Waals surface area contributed by atoms with E-state index in [1.807, 2.05) is 54.6 Å². The standard InChI is InChI=1S/C20H15NO3S/c22-25(23,20-14-6-10-16-8-2-4-12-18(16)20)24-21-19-13-5-9-15-7-1-3-11-17(15)19/h1-14,21H. The second-order valence-corrected chi connectivity index (χ2v) is 7.16. The maximum Gasteiger partial charge on any atom is 0.318 e. The van der Waals surface area contributed by atoms with Gasteiger partial charge in [-0.05, 0) is 22.9 Å². The maximum absolute atomic E-state index is 12.7. The molecule has 0 heterocycles. The van der Waals surface area contributed by atoms with E-state index in [1.54, 1.807) is 30.3 Å². The Hall–Kier alpha value is -2.89. The first-order valence-corrected chi connectivity index (χ1v) is 9.21. The molecule has 5 heteroatoms. The first kappa shape index (κ1) is 15.6. The predicted molar refractivity (Wildman–Crippen MR) is 99.8 cm³/mol. The van der Waals surface area contributed by atoms with Gasteiger partial charge in [-0.3, -0.25) is 0 Å². The quantitative estimate of drug-likeness (QED) is 0.541. The van der Waals surface area contributed by atoms with Gasteiger partial charge in [-0.15, -0.1) is 4.28 Å². The van der Waals surface area contributed by atoms with Crippen LogP contribution in [0.1, 0.15) is 0 Å². The lowest BCUT2D eigenvalue weighted by atomic mass is 10.1. The highest BCUT2D eigenvalue weighted by Gasteiger charge is 2.19. The molecule has 1 N–H and O–H groups in total. The third-order valence-corrected chi connectivity index (χ3v) is 5.27. The zero-order valence-electron chi connectivity index (χ0n) is 13.2. The minimum Gasteiger partial charge on any atom is -0.249 e. The van der Waals surface area contributed by atoms with Gasteiger partial charge in [-0.25, -0.2) is 5.48 Å². The van der Waals surface area contributed by atoms with Crippen molar-refractivity contribution >= 4 is 37.4 Å². The highest BCUT2D eigenvalue weighted by Crippen LogP contribution is 2.27. The number of fused-ring (bicyclic) bond motifs is 2. The summed E-state index contributed by atoms with van der Waals surface area (Å²) in [5, 5.41) is 3.36. The highest BCUT2D eigenvalue weighted by molar-refractivity contribution is 7.87. The van der Waals surface area contributed by atoms with Gasteiger partial charge in [-0.2, -0.15) is 8.42 Å². The molecule has 0 aliphatic rings. The zero-order chi connectivity index (χ0) is 17.3. The van der Waals surface area contributed by atoms with Crippen LogP contribution in [-0.2, 0) is 14.4 Å². The van der Waals surface area contributed by atoms with Gasteiger partial charge in [0, 0.05) is 10.8 Å². The summed E-state index contributed by atoms with van der Waals surface area (Å²) < 4.78 is 30.5. The third-order valence-electron chi connectivity index (χ3n) is 4.07. The fraction of sp³-hybridized carbons (Fsp3) is 0. The Morgan fingerprint density at radius 1 is 0.640 bits per heavy atom. The molecule has 0 saturated carbocycles. The molecule has 0 atom stereocenters. The van der Waals surface area contributed by atoms with Gasteiger partial charge in [-0.1, -0.05) is 72.8 Å². The van der Waals surface area contributed by atoms with Crippen LogP contribution in [0, 0.1) is 0 Å². The van der Waals surface area contributed by atoms with Crippen LogP contribution in [0.5, 0.6) is 0 Å². The average molecular weight is 349 g/mol. The Morgan fingerprint density at radius 2 is 1.20 bits per heavy atom. The molecule has 0 spiro atoms. The van der Waals surface area contributed by atoms with Crippen LogP contribution in [0.3, 0.4) is 0 Å². The summed E-state index contributed by atoms with van der Waals surface area (Å²) >= 11 is 0. The second kappa shape index (κ2) is 6.20. The molecule has 0 radical (unpaired) electrons. The summed E-state index contributed by atoms with van der Waals surface area (Å²) in [6.07, 6.45) is 0. The fourth-order valence-electron chi connectivity index (χ4n) is 2.87. The van der Waals surface area contributed by atoms with Crippen molar-refractivity contribution < 1.29 is 12.7 Å². The minimum absolute atomic E-state index is 0.137. The molecule has 0 fully saturated rings. The van der Waals surface area contributed by atoms with E-state index in [-0.39, 0.29) is 4.90 Å². The first-order valence-electron chi connectivity index (χ1n) is 7.80. The van der Waals surface area contributed by atoms with E-state index in [9.17, 15) is 8.42 Å². The van der Waals surface area contributed by atoms with E-state index in [0.29, 0.717) is 11.1 Å². The number of nitrogens with one attached hydrogen (secondary N) is 1. The Kier molecular flexibility index (Phi) is 3.87. The summed E-state index contributed by atoms with van der Waals surface area (Å²) in [5.41, 5.74) is 3.20. The van der Waals surface area contributed by atoms with Crippen molar-refractivity contribution in [2.45, 2.75) is 4.90 Å². The van der Waals surface area contributed by atoms with Crippen molar-refractivity contribution in [2.75, 3.05) is 5.48 Å². The largest absolute Gasteiger partial charge is 0.318 e. The van der Waals surface area contributed by atoms with Crippen LogP contribution in [0.15, 0.2) is 89.8 Å². The van der Waals surface area contributed by atoms with Crippen LogP contribution in [0.2, 0.25) is 0 Å². The SMILES string of the molecule is O=S(=O)(ONc1cccc2ccccc12)c1cccc2ccccc12. The van der Waals surface area contributed by atoms with Crippen molar-refractivity contribution in [3.63, 3.8) is 0 Å². The molecule has 4 rings (SSSR count). The molecule has 0 bridgehead atoms. The topological polar surface area (TPSA) is 55.4 Å². The Morgan fingerprint density at radius 3 is 1.96 bits per heavy atom. The van der Waals surface area contributed by atoms with Crippen LogP contribution in [0.4, 0.5) is 5.69 Å². The highest BCUT2D eigenvalue weighted by atomic mass is 32.2. The Bertz CT molecular complexity index is 1160. The predicted octanol–water partition coefficient (Wildman–Crippen LogP) is 4.73. The summed E-state index contributed by atoms with van der Waals surface area (Å²) in [6.45, 7) is 0. The molecule has 25 heavy (non-hydrogen) atoms. The maximum atomic E-state index is 12.7. The zero-order valence-corrected chi connectivity index (χ0v) is 14.0. The van der Waals surface area contributed by atoms with Gasteiger partial charge in [0.05, 0.1) is 5.69 Å². The number of benzene rings is 4. The second-order valence-electron chi connectivity index (χ2n) is 5.64. The molecular weight excluding hydrogens is 334 g/mol. The average Bonchev–Trinajstić information content (AvgIpc) is 2.66. The lowest BCUT2D eigenvalue weighted by Crippen LogP contribution is -2.12. The van der Waals surface area contributed by atoms with Gasteiger partial charge >= 0.3 is 10.1 Å². The lowest BCUT2D eigenvalue weighted by molar-refractivity contribution is 0.392. The molecule has 4 aromatic rings. The summed E-state index contributed by atoms with van der Waals surface area (Å²) in [4.78, 5) is 0.137. The van der Waals surface area contributed by atoms with E-state index in [1.165, 1.54) is 0 Å². The number of hydrogen-bond acceptors (Lipinski definition) is 4. The van der Waals surface area contributed by atoms with E-state index < -0.39 is 10.1 Å². The van der Waals surface area contributed by atoms with E-state index in [2.05, 4.69) is 5.48 Å². The summed E-state index contributed by atoms with van der Waals surface area (Å²) in [6, 6.07) is 25.7. The Labute approximate surface area is 145 Å². The van der Waals surface area contributed by atoms with Crippen LogP contribution < -0.4 is 5.48 Å². The van der Waals surface area contributed by atoms with Crippen molar-refractivity contribution in [2.24, 2.45) is 0 Å². The van der Waals surface area contributed by atoms with Crippen molar-refractivity contribution in [1.29, 1.82) is 0 Å². The molecule has 0 aliphatic carbocycles. The molecule has 124 valence electrons. The van der Waals surface area contributed by atoms with Gasteiger partial charge in [0.2, 0.25) is 0 Å². The molecule has 4 aromatic carbocycles. The van der Waals surface area contributed by atoms with Crippen molar-refractivity contribution in [1.82, 2.24) is 0 Å². The lowest BCUT2D eigenvalue weighted by Gasteiger charge is -2.11. The van der Waals surface area contributed by atoms with Gasteiger partial charge in [0.1, 0.15) is 4.90 Å². The third kappa shape index (κ3) is 2.95. The monoisotopic (exact) mass is 349 g/mol. The summed E-state index contributed by atoms with van der Waals surface area (Å²) in [5.74, 6) is 0. The Balaban J connectivity index is 1.70. The minimum atomic E-state index is -3.96. The molecule has 4 nitrogen and oxygen atoms in total. The number of hydrogen-bond donors (Lipinski definition) is 1. The smallest absolute Gasteiger partial charge is 0.249 e. The molecule has 0 unspecified atom stereocenters. The fourth-order valence-corrected chi connectivity index (χ4v) is 3.86. The summed E-state index contributed by atoms with van der Waals surface area (Å²) in [7, 11) is -3.96. The number of anilines is 1. The van der Waals surface area contributed by atoms with E-state index in [0.717, 1.165) is 16.2 Å². The van der Waals surface area contributed by atoms with E-state index in [4.69, 9.17) is 4.28 Å². The molecule has 0 saturated heterocycles. The van der Waals surface area contributed by atoms with Gasteiger partial charge in [0.25, 0.3) is 0 Å². The number of rotatable bonds is 4. The van der Waals surface area contributed by atoms with E-state index >= 15 is 0 Å². The van der Waals surface area contributed by atoms with Gasteiger partial charge in [0.15, 0.2) is 0 Å². The normalized spacial score (nSPS) is 11.7. The van der Waals surface area contributed by atoms with Crippen LogP contribution in [-0.4, -0.2) is 8.42 Å². The molecule has 0 amide bonds. The van der Waals surface area contributed by atoms with Crippen molar-refractivity contribution in [3.05, 3.63) is 84.9 Å². The van der Waals surface area contributed by atoms with Crippen LogP contribution >= 0.6 is 0 Å².